The van der Waals surface area contributed by atoms with Crippen LogP contribution < -0.4 is 4.74 Å². The van der Waals surface area contributed by atoms with Crippen molar-refractivity contribution in [1.82, 2.24) is 19.3 Å². The maximum atomic E-state index is 6.54. The van der Waals surface area contributed by atoms with Crippen LogP contribution in [0.25, 0.3) is 44.4 Å². The number of ether oxygens (including phenoxy) is 1. The molecule has 0 fully saturated rings. The number of nitrogens with zero attached hydrogens (tertiary/aromatic N) is 4. The van der Waals surface area contributed by atoms with E-state index in [-0.39, 0.29) is 21.1 Å². The molecule has 0 bridgehead atoms. The molecular weight excluding hydrogens is 748 g/mol. The Hall–Kier alpha value is -4.47. The Bertz CT molecular complexity index is 2190. The van der Waals surface area contributed by atoms with Crippen LogP contribution in [0.5, 0.6) is 11.5 Å². The van der Waals surface area contributed by atoms with E-state index in [2.05, 4.69) is 125 Å². The van der Waals surface area contributed by atoms with Gasteiger partial charge in [-0.2, -0.15) is 16.7 Å². The second-order valence-corrected chi connectivity index (χ2v) is 12.1. The maximum Gasteiger partial charge on any atom is 2.00 e. The van der Waals surface area contributed by atoms with Gasteiger partial charge in [0, 0.05) is 34.5 Å². The molecule has 0 N–H and O–H groups in total. The van der Waals surface area contributed by atoms with Gasteiger partial charge in [0.15, 0.2) is 0 Å². The fraction of sp³-hybridized carbons (Fsp3) is 0.200. The molecular formula is C40H36N4OPt. The van der Waals surface area contributed by atoms with Crippen molar-refractivity contribution in [1.29, 1.82) is 0 Å². The first-order chi connectivity index (χ1) is 21.8. The van der Waals surface area contributed by atoms with Gasteiger partial charge < -0.3 is 9.30 Å². The summed E-state index contributed by atoms with van der Waals surface area (Å²) in [6.45, 7) is 12.9. The second-order valence-electron chi connectivity index (χ2n) is 12.1. The Labute approximate surface area is 285 Å². The molecule has 0 saturated carbocycles. The molecule has 6 heteroatoms. The third kappa shape index (κ3) is 5.69. The van der Waals surface area contributed by atoms with E-state index in [9.17, 15) is 0 Å². The van der Waals surface area contributed by atoms with Gasteiger partial charge >= 0.3 is 21.1 Å². The molecule has 0 saturated heterocycles. The molecule has 232 valence electrons. The van der Waals surface area contributed by atoms with E-state index in [0.29, 0.717) is 17.4 Å². The van der Waals surface area contributed by atoms with Crippen molar-refractivity contribution in [3.63, 3.8) is 0 Å². The Morgan fingerprint density at radius 1 is 0.826 bits per heavy atom. The molecule has 3 heterocycles. The van der Waals surface area contributed by atoms with Gasteiger partial charge in [0.2, 0.25) is 0 Å². The number of fused-ring (bicyclic) bond motifs is 3. The zero-order valence-electron chi connectivity index (χ0n) is 27.0. The number of benzene rings is 4. The molecule has 0 atom stereocenters. The summed E-state index contributed by atoms with van der Waals surface area (Å²) >= 11 is 0. The molecule has 0 amide bonds. The zero-order chi connectivity index (χ0) is 31.2. The van der Waals surface area contributed by atoms with E-state index in [0.717, 1.165) is 68.0 Å². The van der Waals surface area contributed by atoms with Gasteiger partial charge in [-0.3, -0.25) is 4.68 Å². The van der Waals surface area contributed by atoms with Crippen LogP contribution in [0.3, 0.4) is 0 Å². The maximum absolute atomic E-state index is 6.54. The van der Waals surface area contributed by atoms with Gasteiger partial charge in [0.25, 0.3) is 0 Å². The predicted octanol–water partition coefficient (Wildman–Crippen LogP) is 10.0. The van der Waals surface area contributed by atoms with Gasteiger partial charge in [-0.15, -0.1) is 35.7 Å². The first-order valence-electron chi connectivity index (χ1n) is 15.6. The second kappa shape index (κ2) is 12.7. The monoisotopic (exact) mass is 783 g/mol. The van der Waals surface area contributed by atoms with Crippen molar-refractivity contribution >= 4 is 21.8 Å². The van der Waals surface area contributed by atoms with Crippen LogP contribution in [0.15, 0.2) is 91.1 Å². The largest absolute Gasteiger partial charge is 2.00 e. The van der Waals surface area contributed by atoms with Crippen LogP contribution in [0.4, 0.5) is 0 Å². The number of aromatic nitrogens is 4. The molecule has 0 spiro atoms. The molecule has 0 aliphatic rings. The summed E-state index contributed by atoms with van der Waals surface area (Å²) in [7, 11) is 0. The molecule has 7 aromatic rings. The Kier molecular flexibility index (Phi) is 8.72. The van der Waals surface area contributed by atoms with Crippen molar-refractivity contribution in [3.8, 4) is 34.1 Å². The number of aryl methyl sites for hydroxylation is 3. The van der Waals surface area contributed by atoms with E-state index < -0.39 is 0 Å². The molecule has 0 aliphatic heterocycles. The van der Waals surface area contributed by atoms with E-state index in [1.54, 1.807) is 0 Å². The summed E-state index contributed by atoms with van der Waals surface area (Å²) in [6, 6.07) is 36.7. The number of hydrogen-bond acceptors (Lipinski definition) is 3. The van der Waals surface area contributed by atoms with Crippen molar-refractivity contribution in [2.75, 3.05) is 0 Å². The summed E-state index contributed by atoms with van der Waals surface area (Å²) in [6.07, 6.45) is 2.72. The fourth-order valence-corrected chi connectivity index (χ4v) is 6.22. The van der Waals surface area contributed by atoms with Crippen LogP contribution in [0.1, 0.15) is 54.8 Å². The van der Waals surface area contributed by atoms with Crippen LogP contribution in [-0.4, -0.2) is 19.3 Å². The van der Waals surface area contributed by atoms with Crippen LogP contribution in [0.2, 0.25) is 0 Å². The standard InChI is InChI=1S/C40H36N4O.Pt/c1-7-29-20-32(44-28(6)40(27(5)42-44)30-11-9-8-10-12-30)23-34(21-29)45-33-14-15-35-36-22-31(25(2)3)13-16-37(36)43(38(35)24-33)39-19-26(4)17-18-41-39;/h8-22,25H,7H2,1-6H3;/q-2;+2. The van der Waals surface area contributed by atoms with Gasteiger partial charge in [0.05, 0.1) is 5.69 Å². The molecule has 5 nitrogen and oxygen atoms in total. The molecule has 4 aromatic carbocycles. The first-order valence-corrected chi connectivity index (χ1v) is 15.6. The summed E-state index contributed by atoms with van der Waals surface area (Å²) in [5, 5.41) is 7.23. The third-order valence-corrected chi connectivity index (χ3v) is 8.57. The number of hydrogen-bond donors (Lipinski definition) is 0. The van der Waals surface area contributed by atoms with Crippen molar-refractivity contribution in [2.24, 2.45) is 0 Å². The van der Waals surface area contributed by atoms with Gasteiger partial charge in [-0.05, 0) is 72.7 Å². The van der Waals surface area contributed by atoms with E-state index in [1.807, 2.05) is 29.1 Å². The van der Waals surface area contributed by atoms with Crippen molar-refractivity contribution in [3.05, 3.63) is 131 Å². The van der Waals surface area contributed by atoms with Crippen LogP contribution >= 0.6 is 0 Å². The topological polar surface area (TPSA) is 44.9 Å². The Morgan fingerprint density at radius 3 is 2.37 bits per heavy atom. The molecule has 0 aliphatic carbocycles. The number of pyridine rings is 1. The molecule has 0 unspecified atom stereocenters. The van der Waals surface area contributed by atoms with Gasteiger partial charge in [-0.1, -0.05) is 75.2 Å². The van der Waals surface area contributed by atoms with Gasteiger partial charge in [-0.25, -0.2) is 4.98 Å². The summed E-state index contributed by atoms with van der Waals surface area (Å²) in [5.74, 6) is 2.55. The molecule has 7 rings (SSSR count). The quantitative estimate of drug-likeness (QED) is 0.151. The third-order valence-electron chi connectivity index (χ3n) is 8.57. The number of rotatable bonds is 7. The molecule has 0 radical (unpaired) electrons. The Morgan fingerprint density at radius 2 is 1.63 bits per heavy atom. The molecule has 46 heavy (non-hydrogen) atoms. The first kappa shape index (κ1) is 31.5. The van der Waals surface area contributed by atoms with Crippen LogP contribution in [0, 0.1) is 32.9 Å². The van der Waals surface area contributed by atoms with E-state index >= 15 is 0 Å². The minimum atomic E-state index is 0. The minimum absolute atomic E-state index is 0. The predicted molar refractivity (Wildman–Crippen MR) is 183 cm³/mol. The minimum Gasteiger partial charge on any atom is -0.509 e. The summed E-state index contributed by atoms with van der Waals surface area (Å²) in [5.41, 5.74) is 10.8. The average Bonchev–Trinajstić information content (AvgIpc) is 3.53. The average molecular weight is 784 g/mol. The summed E-state index contributed by atoms with van der Waals surface area (Å²) in [4.78, 5) is 4.75. The SMILES string of the molecule is CCc1cc(Oc2[c-]c3c(cc2)c2cc(C(C)C)ccc2n3-c2cc(C)ccn2)[c-]c(-n2nc(C)c(-c3ccccc3)c2C)c1.[Pt+2]. The van der Waals surface area contributed by atoms with Crippen LogP contribution in [-0.2, 0) is 27.5 Å². The van der Waals surface area contributed by atoms with E-state index in [4.69, 9.17) is 14.8 Å². The molecule has 3 aromatic heterocycles. The smallest absolute Gasteiger partial charge is 0.509 e. The van der Waals surface area contributed by atoms with Crippen molar-refractivity contribution in [2.45, 2.75) is 53.9 Å². The summed E-state index contributed by atoms with van der Waals surface area (Å²) < 4.78 is 10.7. The van der Waals surface area contributed by atoms with Gasteiger partial charge in [0.1, 0.15) is 5.82 Å². The Balaban J connectivity index is 0.00000372. The normalized spacial score (nSPS) is 11.4. The van der Waals surface area contributed by atoms with E-state index in [1.165, 1.54) is 10.9 Å². The fourth-order valence-electron chi connectivity index (χ4n) is 6.22. The zero-order valence-corrected chi connectivity index (χ0v) is 29.2. The van der Waals surface area contributed by atoms with Crippen molar-refractivity contribution < 1.29 is 25.8 Å².